The van der Waals surface area contributed by atoms with E-state index in [-0.39, 0.29) is 18.5 Å². The van der Waals surface area contributed by atoms with E-state index in [0.29, 0.717) is 5.56 Å². The number of amides is 1. The van der Waals surface area contributed by atoms with Crippen molar-refractivity contribution < 1.29 is 19.1 Å². The number of carboxylic acid groups (broad SMARTS) is 1. The molecule has 0 heterocycles. The number of halogens is 1. The van der Waals surface area contributed by atoms with E-state index in [9.17, 15) is 19.1 Å². The summed E-state index contributed by atoms with van der Waals surface area (Å²) in [5, 5.41) is 11.8. The molecule has 2 aromatic rings. The molecule has 1 amide bonds. The van der Waals surface area contributed by atoms with Crippen LogP contribution in [-0.4, -0.2) is 23.5 Å². The largest absolute Gasteiger partial charge is 0.481 e. The van der Waals surface area contributed by atoms with E-state index >= 15 is 0 Å². The van der Waals surface area contributed by atoms with Gasteiger partial charge in [-0.15, -0.1) is 0 Å². The summed E-state index contributed by atoms with van der Waals surface area (Å²) in [6.45, 7) is -0.0351. The lowest BCUT2D eigenvalue weighted by Crippen LogP contribution is -2.32. The number of benzene rings is 2. The summed E-state index contributed by atoms with van der Waals surface area (Å²) in [7, 11) is 0. The van der Waals surface area contributed by atoms with Gasteiger partial charge in [0.1, 0.15) is 5.82 Å². The zero-order chi connectivity index (χ0) is 15.9. The number of carbonyl (C=O) groups is 2. The van der Waals surface area contributed by atoms with Crippen LogP contribution < -0.4 is 5.32 Å². The molecule has 0 aliphatic carbocycles. The Morgan fingerprint density at radius 3 is 2.32 bits per heavy atom. The number of hydrogen-bond acceptors (Lipinski definition) is 2. The molecule has 22 heavy (non-hydrogen) atoms. The Morgan fingerprint density at radius 2 is 1.68 bits per heavy atom. The Bertz CT molecular complexity index is 658. The molecule has 5 heteroatoms. The average Bonchev–Trinajstić information content (AvgIpc) is 2.50. The van der Waals surface area contributed by atoms with Crippen LogP contribution in [0.3, 0.4) is 0 Å². The van der Waals surface area contributed by atoms with E-state index in [4.69, 9.17) is 0 Å². The minimum absolute atomic E-state index is 0.0351. The van der Waals surface area contributed by atoms with Crippen LogP contribution in [0.4, 0.5) is 4.39 Å². The number of hydrogen-bond donors (Lipinski definition) is 2. The summed E-state index contributed by atoms with van der Waals surface area (Å²) in [5.74, 6) is -2.70. The molecule has 2 rings (SSSR count). The minimum Gasteiger partial charge on any atom is -0.481 e. The van der Waals surface area contributed by atoms with Crippen LogP contribution in [0.25, 0.3) is 0 Å². The molecule has 1 atom stereocenters. The molecular weight excluding hydrogens is 285 g/mol. The number of aliphatic carboxylic acids is 1. The predicted octanol–water partition coefficient (Wildman–Crippen LogP) is 2.35. The van der Waals surface area contributed by atoms with Crippen molar-refractivity contribution in [3.63, 3.8) is 0 Å². The van der Waals surface area contributed by atoms with Crippen molar-refractivity contribution >= 4 is 11.9 Å². The molecule has 2 aromatic carbocycles. The first kappa shape index (κ1) is 15.7. The van der Waals surface area contributed by atoms with Gasteiger partial charge < -0.3 is 10.4 Å². The Balaban J connectivity index is 1.97. The summed E-state index contributed by atoms with van der Waals surface area (Å²) in [4.78, 5) is 23.2. The molecule has 0 radical (unpaired) electrons. The first-order valence-corrected chi connectivity index (χ1v) is 6.86. The smallest absolute Gasteiger partial charge is 0.312 e. The fourth-order valence-corrected chi connectivity index (χ4v) is 2.13. The maximum absolute atomic E-state index is 13.5. The van der Waals surface area contributed by atoms with Crippen molar-refractivity contribution in [3.05, 3.63) is 71.5 Å². The minimum atomic E-state index is -1.02. The molecule has 0 aliphatic rings. The van der Waals surface area contributed by atoms with Gasteiger partial charge in [0.15, 0.2) is 0 Å². The lowest BCUT2D eigenvalue weighted by atomic mass is 9.99. The van der Waals surface area contributed by atoms with E-state index in [0.717, 1.165) is 0 Å². The first-order valence-electron chi connectivity index (χ1n) is 6.86. The molecular formula is C17H16FNO3. The van der Waals surface area contributed by atoms with Crippen molar-refractivity contribution in [2.45, 2.75) is 12.3 Å². The molecule has 114 valence electrons. The molecule has 1 unspecified atom stereocenters. The van der Waals surface area contributed by atoms with Crippen LogP contribution in [0.1, 0.15) is 17.0 Å². The molecule has 0 aromatic heterocycles. The van der Waals surface area contributed by atoms with Crippen LogP contribution in [0.5, 0.6) is 0 Å². The number of carboxylic acids is 1. The van der Waals surface area contributed by atoms with Crippen LogP contribution in [0.15, 0.2) is 54.6 Å². The third kappa shape index (κ3) is 4.15. The predicted molar refractivity (Wildman–Crippen MR) is 79.9 cm³/mol. The highest BCUT2D eigenvalue weighted by atomic mass is 19.1. The zero-order valence-electron chi connectivity index (χ0n) is 11.8. The number of carbonyl (C=O) groups excluding carboxylic acids is 1. The molecule has 2 N–H and O–H groups in total. The summed E-state index contributed by atoms with van der Waals surface area (Å²) >= 11 is 0. The third-order valence-electron chi connectivity index (χ3n) is 3.31. The standard InChI is InChI=1S/C17H16FNO3/c18-15-9-5-4-8-13(15)10-16(20)19-11-14(17(21)22)12-6-2-1-3-7-12/h1-9,14H,10-11H2,(H,19,20)(H,21,22). The quantitative estimate of drug-likeness (QED) is 0.860. The fraction of sp³-hybridized carbons (Fsp3) is 0.176. The highest BCUT2D eigenvalue weighted by Crippen LogP contribution is 2.15. The highest BCUT2D eigenvalue weighted by molar-refractivity contribution is 5.81. The summed E-state index contributed by atoms with van der Waals surface area (Å²) in [6, 6.07) is 14.7. The van der Waals surface area contributed by atoms with E-state index in [2.05, 4.69) is 5.32 Å². The molecule has 0 saturated heterocycles. The van der Waals surface area contributed by atoms with Crippen LogP contribution in [0, 0.1) is 5.82 Å². The monoisotopic (exact) mass is 301 g/mol. The van der Waals surface area contributed by atoms with Crippen molar-refractivity contribution in [2.24, 2.45) is 0 Å². The maximum Gasteiger partial charge on any atom is 0.312 e. The Labute approximate surface area is 127 Å². The van der Waals surface area contributed by atoms with Gasteiger partial charge >= 0.3 is 5.97 Å². The van der Waals surface area contributed by atoms with Crippen LogP contribution in [0.2, 0.25) is 0 Å². The summed E-state index contributed by atoms with van der Waals surface area (Å²) < 4.78 is 13.5. The van der Waals surface area contributed by atoms with Gasteiger partial charge in [0.25, 0.3) is 0 Å². The summed E-state index contributed by atoms with van der Waals surface area (Å²) in [5.41, 5.74) is 0.896. The SMILES string of the molecule is O=C(Cc1ccccc1F)NCC(C(=O)O)c1ccccc1. The van der Waals surface area contributed by atoms with E-state index in [1.54, 1.807) is 42.5 Å². The number of rotatable bonds is 6. The molecule has 4 nitrogen and oxygen atoms in total. The normalized spacial score (nSPS) is 11.7. The second kappa shape index (κ2) is 7.36. The van der Waals surface area contributed by atoms with Crippen molar-refractivity contribution in [3.8, 4) is 0 Å². The van der Waals surface area contributed by atoms with E-state index < -0.39 is 23.6 Å². The van der Waals surface area contributed by atoms with Gasteiger partial charge in [-0.25, -0.2) is 4.39 Å². The molecule has 0 aliphatic heterocycles. The van der Waals surface area contributed by atoms with Gasteiger partial charge in [0.2, 0.25) is 5.91 Å². The van der Waals surface area contributed by atoms with Gasteiger partial charge in [0, 0.05) is 6.54 Å². The lowest BCUT2D eigenvalue weighted by Gasteiger charge is -2.14. The van der Waals surface area contributed by atoms with Gasteiger partial charge in [0.05, 0.1) is 12.3 Å². The molecule has 0 fully saturated rings. The second-order valence-electron chi connectivity index (χ2n) is 4.87. The fourth-order valence-electron chi connectivity index (χ4n) is 2.13. The average molecular weight is 301 g/mol. The van der Waals surface area contributed by atoms with E-state index in [1.165, 1.54) is 12.1 Å². The van der Waals surface area contributed by atoms with Crippen LogP contribution in [-0.2, 0) is 16.0 Å². The van der Waals surface area contributed by atoms with Crippen molar-refractivity contribution in [1.29, 1.82) is 0 Å². The van der Waals surface area contributed by atoms with E-state index in [1.807, 2.05) is 0 Å². The lowest BCUT2D eigenvalue weighted by molar-refractivity contribution is -0.138. The van der Waals surface area contributed by atoms with Gasteiger partial charge in [-0.2, -0.15) is 0 Å². The Kier molecular flexibility index (Phi) is 5.25. The van der Waals surface area contributed by atoms with Crippen molar-refractivity contribution in [2.75, 3.05) is 6.54 Å². The second-order valence-corrected chi connectivity index (χ2v) is 4.87. The maximum atomic E-state index is 13.5. The van der Waals surface area contributed by atoms with Crippen molar-refractivity contribution in [1.82, 2.24) is 5.32 Å². The van der Waals surface area contributed by atoms with Gasteiger partial charge in [-0.3, -0.25) is 9.59 Å². The summed E-state index contributed by atoms with van der Waals surface area (Å²) in [6.07, 6.45) is -0.117. The van der Waals surface area contributed by atoms with Crippen LogP contribution >= 0.6 is 0 Å². The van der Waals surface area contributed by atoms with Gasteiger partial charge in [-0.05, 0) is 17.2 Å². The first-order chi connectivity index (χ1) is 10.6. The van der Waals surface area contributed by atoms with Gasteiger partial charge in [-0.1, -0.05) is 48.5 Å². The zero-order valence-corrected chi connectivity index (χ0v) is 11.8. The topological polar surface area (TPSA) is 66.4 Å². The molecule has 0 bridgehead atoms. The number of nitrogens with one attached hydrogen (secondary N) is 1. The third-order valence-corrected chi connectivity index (χ3v) is 3.31. The Morgan fingerprint density at radius 1 is 1.05 bits per heavy atom. The highest BCUT2D eigenvalue weighted by Gasteiger charge is 2.20. The molecule has 0 spiro atoms. The molecule has 0 saturated carbocycles. The Hall–Kier alpha value is -2.69.